The van der Waals surface area contributed by atoms with Gasteiger partial charge in [0.15, 0.2) is 11.9 Å². The lowest BCUT2D eigenvalue weighted by molar-refractivity contribution is -0.158. The fourth-order valence-electron chi connectivity index (χ4n) is 1.95. The van der Waals surface area contributed by atoms with E-state index in [1.807, 2.05) is 0 Å². The number of ether oxygens (including phenoxy) is 1. The number of hydrogen-bond donors (Lipinski definition) is 2. The predicted octanol–water partition coefficient (Wildman–Crippen LogP) is -0.0333. The highest BCUT2D eigenvalue weighted by molar-refractivity contribution is 8.00. The summed E-state index contributed by atoms with van der Waals surface area (Å²) in [5, 5.41) is 15.1. The van der Waals surface area contributed by atoms with Crippen LogP contribution in [0.4, 0.5) is 5.82 Å². The number of anilines is 1. The fourth-order valence-corrected chi connectivity index (χ4v) is 2.67. The summed E-state index contributed by atoms with van der Waals surface area (Å²) in [5.41, 5.74) is 0. The van der Waals surface area contributed by atoms with Gasteiger partial charge in [0.25, 0.3) is 0 Å². The molecule has 1 aromatic rings. The van der Waals surface area contributed by atoms with Crippen LogP contribution in [0.5, 0.6) is 0 Å². The zero-order valence-electron chi connectivity index (χ0n) is 12.5. The second kappa shape index (κ2) is 7.97. The third kappa shape index (κ3) is 5.25. The number of rotatable bonds is 6. The topological polar surface area (TPSA) is 122 Å². The molecule has 2 rings (SSSR count). The summed E-state index contributed by atoms with van der Waals surface area (Å²) >= 11 is 1.15. The van der Waals surface area contributed by atoms with Crippen molar-refractivity contribution in [1.82, 2.24) is 10.1 Å². The van der Waals surface area contributed by atoms with Gasteiger partial charge < -0.3 is 24.6 Å². The minimum atomic E-state index is -1.09. The number of hydrogen-bond acceptors (Lipinski definition) is 7. The maximum atomic E-state index is 12.0. The van der Waals surface area contributed by atoms with Crippen LogP contribution < -0.4 is 5.32 Å². The van der Waals surface area contributed by atoms with Crippen LogP contribution in [0.3, 0.4) is 0 Å². The first-order valence-corrected chi connectivity index (χ1v) is 8.04. The number of carboxylic acid groups (broad SMARTS) is 1. The largest absolute Gasteiger partial charge is 0.479 e. The molecule has 1 unspecified atom stereocenters. The second-order valence-corrected chi connectivity index (χ2v) is 5.89. The van der Waals surface area contributed by atoms with Crippen LogP contribution in [0.15, 0.2) is 10.6 Å². The summed E-state index contributed by atoms with van der Waals surface area (Å²) in [6.45, 7) is 2.29. The van der Waals surface area contributed by atoms with E-state index >= 15 is 0 Å². The van der Waals surface area contributed by atoms with E-state index in [0.29, 0.717) is 18.1 Å². The van der Waals surface area contributed by atoms with E-state index in [4.69, 9.17) is 14.4 Å². The third-order valence-corrected chi connectivity index (χ3v) is 3.97. The van der Waals surface area contributed by atoms with Crippen molar-refractivity contribution >= 4 is 35.4 Å². The molecule has 0 radical (unpaired) electrons. The molecule has 1 aliphatic heterocycles. The van der Waals surface area contributed by atoms with Crippen molar-refractivity contribution in [2.24, 2.45) is 0 Å². The van der Waals surface area contributed by atoms with Crippen molar-refractivity contribution in [1.29, 1.82) is 0 Å². The van der Waals surface area contributed by atoms with Gasteiger partial charge in [0.05, 0.1) is 24.7 Å². The van der Waals surface area contributed by atoms with Gasteiger partial charge in [-0.25, -0.2) is 4.79 Å². The van der Waals surface area contributed by atoms with Crippen LogP contribution >= 0.6 is 11.8 Å². The molecule has 1 saturated heterocycles. The van der Waals surface area contributed by atoms with Gasteiger partial charge in [-0.3, -0.25) is 9.59 Å². The molecule has 0 saturated carbocycles. The first-order chi connectivity index (χ1) is 11.0. The predicted molar refractivity (Wildman–Crippen MR) is 81.2 cm³/mol. The Morgan fingerprint density at radius 3 is 2.91 bits per heavy atom. The Morgan fingerprint density at radius 2 is 2.26 bits per heavy atom. The molecule has 0 aromatic carbocycles. The minimum absolute atomic E-state index is 0.0269. The number of morpholine rings is 1. The SMILES string of the molecule is Cc1cc(NC(=O)CSCC(=O)N2CCOC(C(=O)O)C2)no1. The number of aryl methyl sites for hydroxylation is 1. The Kier molecular flexibility index (Phi) is 5.99. The molecule has 1 aliphatic rings. The minimum Gasteiger partial charge on any atom is -0.479 e. The summed E-state index contributed by atoms with van der Waals surface area (Å²) < 4.78 is 9.88. The summed E-state index contributed by atoms with van der Waals surface area (Å²) in [5.74, 6) is -0.490. The number of carbonyl (C=O) groups excluding carboxylic acids is 2. The molecule has 0 spiro atoms. The Hall–Kier alpha value is -2.07. The Labute approximate surface area is 136 Å². The molecule has 23 heavy (non-hydrogen) atoms. The Morgan fingerprint density at radius 1 is 1.48 bits per heavy atom. The lowest BCUT2D eigenvalue weighted by Gasteiger charge is -2.30. The van der Waals surface area contributed by atoms with Crippen molar-refractivity contribution in [3.63, 3.8) is 0 Å². The normalized spacial score (nSPS) is 17.8. The monoisotopic (exact) mass is 343 g/mol. The lowest BCUT2D eigenvalue weighted by Crippen LogP contribution is -2.49. The smallest absolute Gasteiger partial charge is 0.334 e. The van der Waals surface area contributed by atoms with Crippen LogP contribution in [0.2, 0.25) is 0 Å². The zero-order valence-corrected chi connectivity index (χ0v) is 13.3. The van der Waals surface area contributed by atoms with Crippen molar-refractivity contribution in [3.05, 3.63) is 11.8 Å². The van der Waals surface area contributed by atoms with Gasteiger partial charge >= 0.3 is 5.97 Å². The van der Waals surface area contributed by atoms with Gasteiger partial charge in [-0.1, -0.05) is 5.16 Å². The van der Waals surface area contributed by atoms with E-state index in [1.165, 1.54) is 4.90 Å². The molecule has 1 atom stereocenters. The van der Waals surface area contributed by atoms with E-state index in [1.54, 1.807) is 13.0 Å². The van der Waals surface area contributed by atoms with Crippen LogP contribution in [0.25, 0.3) is 0 Å². The zero-order chi connectivity index (χ0) is 16.8. The Bertz CT molecular complexity index is 590. The van der Waals surface area contributed by atoms with Gasteiger partial charge in [0.2, 0.25) is 11.8 Å². The number of thioether (sulfide) groups is 1. The molecule has 0 aliphatic carbocycles. The first-order valence-electron chi connectivity index (χ1n) is 6.89. The van der Waals surface area contributed by atoms with Gasteiger partial charge in [-0.2, -0.15) is 0 Å². The number of carboxylic acids is 1. The highest BCUT2D eigenvalue weighted by atomic mass is 32.2. The van der Waals surface area contributed by atoms with E-state index in [9.17, 15) is 14.4 Å². The molecule has 10 heteroatoms. The summed E-state index contributed by atoms with van der Waals surface area (Å²) in [7, 11) is 0. The molecule has 2 heterocycles. The summed E-state index contributed by atoms with van der Waals surface area (Å²) in [6, 6.07) is 1.59. The van der Waals surface area contributed by atoms with Crippen LogP contribution in [0, 0.1) is 6.92 Å². The maximum Gasteiger partial charge on any atom is 0.334 e. The van der Waals surface area contributed by atoms with Gasteiger partial charge in [-0.05, 0) is 6.92 Å². The number of nitrogens with zero attached hydrogens (tertiary/aromatic N) is 2. The molecular formula is C13H17N3O6S. The maximum absolute atomic E-state index is 12.0. The highest BCUT2D eigenvalue weighted by Gasteiger charge is 2.28. The number of amides is 2. The Balaban J connectivity index is 1.69. The van der Waals surface area contributed by atoms with Gasteiger partial charge in [0, 0.05) is 12.6 Å². The molecule has 2 amide bonds. The molecular weight excluding hydrogens is 326 g/mol. The molecule has 9 nitrogen and oxygen atoms in total. The highest BCUT2D eigenvalue weighted by Crippen LogP contribution is 2.11. The average Bonchev–Trinajstić information content (AvgIpc) is 2.92. The molecule has 126 valence electrons. The molecule has 1 aromatic heterocycles. The fraction of sp³-hybridized carbons (Fsp3) is 0.538. The van der Waals surface area contributed by atoms with Crippen molar-refractivity contribution in [2.75, 3.05) is 36.5 Å². The molecule has 1 fully saturated rings. The number of carbonyl (C=O) groups is 3. The van der Waals surface area contributed by atoms with Crippen molar-refractivity contribution in [2.45, 2.75) is 13.0 Å². The van der Waals surface area contributed by atoms with Gasteiger partial charge in [-0.15, -0.1) is 11.8 Å². The summed E-state index contributed by atoms with van der Waals surface area (Å²) in [4.78, 5) is 36.0. The van der Waals surface area contributed by atoms with E-state index in [-0.39, 0.29) is 36.5 Å². The molecule has 2 N–H and O–H groups in total. The van der Waals surface area contributed by atoms with Crippen LogP contribution in [-0.2, 0) is 19.1 Å². The number of nitrogens with one attached hydrogen (secondary N) is 1. The summed E-state index contributed by atoms with van der Waals surface area (Å²) in [6.07, 6.45) is -0.989. The third-order valence-electron chi connectivity index (χ3n) is 3.05. The standard InChI is InChI=1S/C13H17N3O6S/c1-8-4-10(15-22-8)14-11(17)6-23-7-12(18)16-2-3-21-9(5-16)13(19)20/h4,9H,2-3,5-7H2,1H3,(H,19,20)(H,14,15,17). The molecule has 0 bridgehead atoms. The van der Waals surface area contributed by atoms with E-state index < -0.39 is 12.1 Å². The number of aromatic nitrogens is 1. The lowest BCUT2D eigenvalue weighted by atomic mass is 10.3. The first kappa shape index (κ1) is 17.3. The quantitative estimate of drug-likeness (QED) is 0.738. The van der Waals surface area contributed by atoms with E-state index in [2.05, 4.69) is 10.5 Å². The average molecular weight is 343 g/mol. The van der Waals surface area contributed by atoms with Crippen molar-refractivity contribution in [3.8, 4) is 0 Å². The van der Waals surface area contributed by atoms with Crippen LogP contribution in [-0.4, -0.2) is 70.3 Å². The van der Waals surface area contributed by atoms with Crippen LogP contribution in [0.1, 0.15) is 5.76 Å². The van der Waals surface area contributed by atoms with Gasteiger partial charge in [0.1, 0.15) is 5.76 Å². The second-order valence-electron chi connectivity index (χ2n) is 4.90. The number of aliphatic carboxylic acids is 1. The van der Waals surface area contributed by atoms with Crippen molar-refractivity contribution < 1.29 is 28.8 Å². The van der Waals surface area contributed by atoms with E-state index in [0.717, 1.165) is 11.8 Å².